The molecular weight excluding hydrogens is 188 g/mol. The van der Waals surface area contributed by atoms with E-state index in [0.29, 0.717) is 0 Å². The summed E-state index contributed by atoms with van der Waals surface area (Å²) in [4.78, 5) is 9.89. The average molecular weight is 206 g/mol. The van der Waals surface area contributed by atoms with Crippen molar-refractivity contribution in [2.24, 2.45) is 0 Å². The maximum absolute atomic E-state index is 9.89. The molecule has 0 amide bonds. The van der Waals surface area contributed by atoms with Crippen molar-refractivity contribution in [2.75, 3.05) is 0 Å². The van der Waals surface area contributed by atoms with Gasteiger partial charge in [0.15, 0.2) is 0 Å². The topological polar surface area (TPSA) is 37.3 Å². The first-order chi connectivity index (χ1) is 7.20. The Labute approximate surface area is 91.3 Å². The van der Waals surface area contributed by atoms with Crippen LogP contribution in [-0.2, 0) is 4.79 Å². The molecule has 0 aromatic heterocycles. The summed E-state index contributed by atoms with van der Waals surface area (Å²) in [5.74, 6) is 0. The Kier molecular flexibility index (Phi) is 8.30. The van der Waals surface area contributed by atoms with Crippen molar-refractivity contribution in [3.63, 3.8) is 0 Å². The minimum atomic E-state index is -0.116. The molecular formula is C13H18O2. The number of aldehydes is 1. The van der Waals surface area contributed by atoms with Gasteiger partial charge in [-0.2, -0.15) is 0 Å². The van der Waals surface area contributed by atoms with Gasteiger partial charge in [0.05, 0.1) is 6.10 Å². The summed E-state index contributed by atoms with van der Waals surface area (Å²) in [6.45, 7) is 3.73. The van der Waals surface area contributed by atoms with Gasteiger partial charge in [0.1, 0.15) is 6.29 Å². The van der Waals surface area contributed by atoms with Crippen LogP contribution in [0.4, 0.5) is 0 Å². The summed E-state index contributed by atoms with van der Waals surface area (Å²) < 4.78 is 0. The fourth-order valence-electron chi connectivity index (χ4n) is 0.715. The second kappa shape index (κ2) is 9.16. The fraction of sp³-hybridized carbons (Fsp3) is 0.308. The van der Waals surface area contributed by atoms with Gasteiger partial charge in [0.25, 0.3) is 0 Å². The van der Waals surface area contributed by atoms with E-state index in [1.165, 1.54) is 6.08 Å². The van der Waals surface area contributed by atoms with Gasteiger partial charge in [-0.25, -0.2) is 0 Å². The zero-order chi connectivity index (χ0) is 11.5. The molecule has 0 spiro atoms. The Morgan fingerprint density at radius 2 is 1.87 bits per heavy atom. The van der Waals surface area contributed by atoms with Gasteiger partial charge in [-0.05, 0) is 25.0 Å². The first kappa shape index (κ1) is 13.6. The predicted octanol–water partition coefficient (Wildman–Crippen LogP) is 2.68. The number of carbonyl (C=O) groups excluding carboxylic acids is 1. The third-order valence-electron chi connectivity index (χ3n) is 1.76. The van der Waals surface area contributed by atoms with Crippen molar-refractivity contribution < 1.29 is 9.90 Å². The van der Waals surface area contributed by atoms with Crippen LogP contribution in [0.25, 0.3) is 6.08 Å². The van der Waals surface area contributed by atoms with Crippen LogP contribution in [0, 0.1) is 0 Å². The molecule has 0 saturated carbocycles. The van der Waals surface area contributed by atoms with Crippen LogP contribution in [0.3, 0.4) is 0 Å². The summed E-state index contributed by atoms with van der Waals surface area (Å²) in [5.41, 5.74) is 1.05. The molecule has 1 aromatic rings. The molecule has 2 nitrogen and oxygen atoms in total. The van der Waals surface area contributed by atoms with Crippen LogP contribution < -0.4 is 0 Å². The van der Waals surface area contributed by atoms with E-state index in [1.54, 1.807) is 13.0 Å². The smallest absolute Gasteiger partial charge is 0.142 e. The molecule has 0 heterocycles. The molecule has 2 heteroatoms. The summed E-state index contributed by atoms with van der Waals surface area (Å²) in [6.07, 6.45) is 4.77. The lowest BCUT2D eigenvalue weighted by Crippen LogP contribution is -1.93. The van der Waals surface area contributed by atoms with E-state index in [1.807, 2.05) is 37.3 Å². The SMILES string of the molecule is CCC(C)O.O=C/C=C/c1ccccc1. The third-order valence-corrected chi connectivity index (χ3v) is 1.76. The predicted molar refractivity (Wildman–Crippen MR) is 63.5 cm³/mol. The lowest BCUT2D eigenvalue weighted by atomic mass is 10.2. The minimum Gasteiger partial charge on any atom is -0.393 e. The molecule has 82 valence electrons. The van der Waals surface area contributed by atoms with Crippen molar-refractivity contribution in [1.29, 1.82) is 0 Å². The van der Waals surface area contributed by atoms with Gasteiger partial charge in [-0.1, -0.05) is 43.3 Å². The highest BCUT2D eigenvalue weighted by atomic mass is 16.3. The highest BCUT2D eigenvalue weighted by molar-refractivity contribution is 5.73. The molecule has 0 bridgehead atoms. The highest BCUT2D eigenvalue weighted by Gasteiger charge is 1.81. The lowest BCUT2D eigenvalue weighted by molar-refractivity contribution is -0.104. The van der Waals surface area contributed by atoms with E-state index in [9.17, 15) is 4.79 Å². The second-order valence-electron chi connectivity index (χ2n) is 3.16. The van der Waals surface area contributed by atoms with Crippen molar-refractivity contribution in [3.05, 3.63) is 42.0 Å². The Morgan fingerprint density at radius 1 is 1.33 bits per heavy atom. The molecule has 1 rings (SSSR count). The van der Waals surface area contributed by atoms with Gasteiger partial charge < -0.3 is 5.11 Å². The van der Waals surface area contributed by atoms with Crippen LogP contribution in [-0.4, -0.2) is 17.5 Å². The molecule has 0 fully saturated rings. The first-order valence-corrected chi connectivity index (χ1v) is 5.05. The zero-order valence-corrected chi connectivity index (χ0v) is 9.26. The molecule has 0 aliphatic heterocycles. The van der Waals surface area contributed by atoms with Gasteiger partial charge in [-0.3, -0.25) is 4.79 Å². The van der Waals surface area contributed by atoms with E-state index in [4.69, 9.17) is 5.11 Å². The van der Waals surface area contributed by atoms with Crippen LogP contribution in [0.1, 0.15) is 25.8 Å². The van der Waals surface area contributed by atoms with Crippen molar-refractivity contribution in [1.82, 2.24) is 0 Å². The maximum Gasteiger partial charge on any atom is 0.142 e. The normalized spacial score (nSPS) is 11.7. The number of allylic oxidation sites excluding steroid dienone is 1. The molecule has 15 heavy (non-hydrogen) atoms. The quantitative estimate of drug-likeness (QED) is 0.610. The largest absolute Gasteiger partial charge is 0.393 e. The molecule has 1 unspecified atom stereocenters. The van der Waals surface area contributed by atoms with Crippen molar-refractivity contribution in [2.45, 2.75) is 26.4 Å². The molecule has 1 atom stereocenters. The highest BCUT2D eigenvalue weighted by Crippen LogP contribution is 1.99. The number of rotatable bonds is 3. The molecule has 0 radical (unpaired) electrons. The van der Waals surface area contributed by atoms with E-state index >= 15 is 0 Å². The number of aliphatic hydroxyl groups excluding tert-OH is 1. The Bertz CT molecular complexity index is 276. The van der Waals surface area contributed by atoms with Crippen molar-refractivity contribution >= 4 is 12.4 Å². The summed E-state index contributed by atoms with van der Waals surface area (Å²) in [5, 5.41) is 8.36. The maximum atomic E-state index is 9.89. The molecule has 0 aliphatic carbocycles. The third kappa shape index (κ3) is 8.91. The monoisotopic (exact) mass is 206 g/mol. The van der Waals surface area contributed by atoms with Gasteiger partial charge in [0, 0.05) is 0 Å². The minimum absolute atomic E-state index is 0.116. The fourth-order valence-corrected chi connectivity index (χ4v) is 0.715. The van der Waals surface area contributed by atoms with Gasteiger partial charge in [0.2, 0.25) is 0 Å². The van der Waals surface area contributed by atoms with E-state index in [2.05, 4.69) is 0 Å². The van der Waals surface area contributed by atoms with Crippen LogP contribution in [0.15, 0.2) is 36.4 Å². The Hall–Kier alpha value is -1.41. The average Bonchev–Trinajstić information content (AvgIpc) is 2.28. The lowest BCUT2D eigenvalue weighted by Gasteiger charge is -1.90. The molecule has 1 aromatic carbocycles. The number of carbonyl (C=O) groups is 1. The standard InChI is InChI=1S/C9H8O.C4H10O/c10-8-4-7-9-5-2-1-3-6-9;1-3-4(2)5/h1-8H;4-5H,3H2,1-2H3/b7-4+;. The number of benzene rings is 1. The molecule has 0 saturated heterocycles. The van der Waals surface area contributed by atoms with Crippen LogP contribution >= 0.6 is 0 Å². The summed E-state index contributed by atoms with van der Waals surface area (Å²) in [6, 6.07) is 9.70. The van der Waals surface area contributed by atoms with E-state index in [-0.39, 0.29) is 6.10 Å². The zero-order valence-electron chi connectivity index (χ0n) is 9.26. The number of hydrogen-bond donors (Lipinski definition) is 1. The molecule has 0 aliphatic rings. The van der Waals surface area contributed by atoms with E-state index < -0.39 is 0 Å². The second-order valence-corrected chi connectivity index (χ2v) is 3.16. The van der Waals surface area contributed by atoms with Gasteiger partial charge in [-0.15, -0.1) is 0 Å². The van der Waals surface area contributed by atoms with Crippen LogP contribution in [0.2, 0.25) is 0 Å². The van der Waals surface area contributed by atoms with Crippen molar-refractivity contribution in [3.8, 4) is 0 Å². The van der Waals surface area contributed by atoms with E-state index in [0.717, 1.165) is 18.3 Å². The number of hydrogen-bond acceptors (Lipinski definition) is 2. The Morgan fingerprint density at radius 3 is 2.27 bits per heavy atom. The molecule has 1 N–H and O–H groups in total. The first-order valence-electron chi connectivity index (χ1n) is 5.05. The van der Waals surface area contributed by atoms with Crippen LogP contribution in [0.5, 0.6) is 0 Å². The number of aliphatic hydroxyl groups is 1. The summed E-state index contributed by atoms with van der Waals surface area (Å²) in [7, 11) is 0. The Balaban J connectivity index is 0.000000336. The van der Waals surface area contributed by atoms with Gasteiger partial charge >= 0.3 is 0 Å². The summed E-state index contributed by atoms with van der Waals surface area (Å²) >= 11 is 0.